The summed E-state index contributed by atoms with van der Waals surface area (Å²) in [5.41, 5.74) is 7.60. The van der Waals surface area contributed by atoms with Crippen LogP contribution >= 0.6 is 0 Å². The van der Waals surface area contributed by atoms with Gasteiger partial charge in [0.2, 0.25) is 0 Å². The van der Waals surface area contributed by atoms with E-state index in [1.807, 2.05) is 6.20 Å². The van der Waals surface area contributed by atoms with E-state index in [1.165, 1.54) is 32.0 Å². The zero-order valence-corrected chi connectivity index (χ0v) is 11.1. The quantitative estimate of drug-likeness (QED) is 0.918. The van der Waals surface area contributed by atoms with Crippen molar-refractivity contribution in [3.8, 4) is 0 Å². The molecule has 3 rings (SSSR count). The molecule has 1 aromatic heterocycles. The topological polar surface area (TPSA) is 34.2 Å². The number of aryl methyl sites for hydroxylation is 1. The van der Waals surface area contributed by atoms with Crippen molar-refractivity contribution in [2.75, 3.05) is 25.4 Å². The molecule has 0 aliphatic carbocycles. The number of rotatable bonds is 4. The van der Waals surface area contributed by atoms with Crippen LogP contribution in [0, 0.1) is 5.82 Å². The van der Waals surface area contributed by atoms with Crippen molar-refractivity contribution in [1.29, 1.82) is 0 Å². The largest absolute Gasteiger partial charge is 0.397 e. The minimum absolute atomic E-state index is 0.202. The summed E-state index contributed by atoms with van der Waals surface area (Å²) in [6, 6.07) is 4.80. The Kier molecular flexibility index (Phi) is 3.42. The molecule has 4 heteroatoms. The van der Waals surface area contributed by atoms with Gasteiger partial charge in [0.25, 0.3) is 0 Å². The first-order chi connectivity index (χ1) is 9.24. The summed E-state index contributed by atoms with van der Waals surface area (Å²) in [5, 5.41) is 0.947. The molecule has 1 aliphatic rings. The molecule has 0 spiro atoms. The van der Waals surface area contributed by atoms with E-state index >= 15 is 0 Å². The maximum atomic E-state index is 13.3. The van der Waals surface area contributed by atoms with E-state index in [0.717, 1.165) is 36.1 Å². The number of aromatic nitrogens is 1. The van der Waals surface area contributed by atoms with E-state index in [9.17, 15) is 4.39 Å². The number of hydrogen-bond acceptors (Lipinski definition) is 2. The molecule has 1 saturated heterocycles. The maximum Gasteiger partial charge on any atom is 0.125 e. The Balaban J connectivity index is 1.71. The number of halogens is 1. The van der Waals surface area contributed by atoms with Gasteiger partial charge < -0.3 is 15.2 Å². The van der Waals surface area contributed by atoms with Gasteiger partial charge in [0.15, 0.2) is 0 Å². The molecule has 0 amide bonds. The van der Waals surface area contributed by atoms with Crippen LogP contribution in [-0.4, -0.2) is 29.1 Å². The van der Waals surface area contributed by atoms with Crippen LogP contribution in [-0.2, 0) is 6.54 Å². The van der Waals surface area contributed by atoms with Crippen LogP contribution in [0.2, 0.25) is 0 Å². The first-order valence-corrected chi connectivity index (χ1v) is 7.00. The number of likely N-dealkylation sites (tertiary alicyclic amines) is 1. The van der Waals surface area contributed by atoms with Crippen molar-refractivity contribution in [1.82, 2.24) is 9.47 Å². The fourth-order valence-electron chi connectivity index (χ4n) is 2.95. The number of nitrogen functional groups attached to an aromatic ring is 1. The Hall–Kier alpha value is -1.55. The van der Waals surface area contributed by atoms with Crippen molar-refractivity contribution < 1.29 is 4.39 Å². The summed E-state index contributed by atoms with van der Waals surface area (Å²) >= 11 is 0. The highest BCUT2D eigenvalue weighted by molar-refractivity contribution is 5.91. The number of anilines is 1. The number of benzene rings is 1. The van der Waals surface area contributed by atoms with E-state index in [2.05, 4.69) is 9.47 Å². The fraction of sp³-hybridized carbons (Fsp3) is 0.467. The van der Waals surface area contributed by atoms with Crippen LogP contribution in [0.5, 0.6) is 0 Å². The third-order valence-electron chi connectivity index (χ3n) is 3.95. The lowest BCUT2D eigenvalue weighted by molar-refractivity contribution is 0.326. The van der Waals surface area contributed by atoms with E-state index in [1.54, 1.807) is 12.1 Å². The molecule has 1 aliphatic heterocycles. The molecule has 2 aromatic rings. The van der Waals surface area contributed by atoms with Crippen molar-refractivity contribution in [2.24, 2.45) is 0 Å². The molecular formula is C15H20FN3. The monoisotopic (exact) mass is 261 g/mol. The SMILES string of the molecule is Nc1cn(CCCN2CCCC2)c2cc(F)ccc12. The number of hydrogen-bond donors (Lipinski definition) is 1. The first kappa shape index (κ1) is 12.5. The number of nitrogens with two attached hydrogens (primary N) is 1. The second kappa shape index (κ2) is 5.21. The molecule has 0 saturated carbocycles. The molecule has 0 bridgehead atoms. The summed E-state index contributed by atoms with van der Waals surface area (Å²) in [7, 11) is 0. The zero-order valence-electron chi connectivity index (χ0n) is 11.1. The normalized spacial score (nSPS) is 16.5. The molecule has 1 aromatic carbocycles. The molecule has 102 valence electrons. The van der Waals surface area contributed by atoms with Crippen molar-refractivity contribution in [2.45, 2.75) is 25.8 Å². The van der Waals surface area contributed by atoms with Crippen LogP contribution in [0.4, 0.5) is 10.1 Å². The Morgan fingerprint density at radius 1 is 1.16 bits per heavy atom. The third-order valence-corrected chi connectivity index (χ3v) is 3.95. The van der Waals surface area contributed by atoms with Gasteiger partial charge in [-0.15, -0.1) is 0 Å². The standard InChI is InChI=1S/C15H20FN3/c16-12-4-5-13-14(17)11-19(15(13)10-12)9-3-8-18-6-1-2-7-18/h4-5,10-11H,1-3,6-9,17H2. The summed E-state index contributed by atoms with van der Waals surface area (Å²) in [6.07, 6.45) is 5.66. The summed E-state index contributed by atoms with van der Waals surface area (Å²) in [5.74, 6) is -0.202. The highest BCUT2D eigenvalue weighted by Gasteiger charge is 2.11. The average Bonchev–Trinajstić information content (AvgIpc) is 2.99. The Morgan fingerprint density at radius 3 is 2.74 bits per heavy atom. The molecule has 0 unspecified atom stereocenters. The summed E-state index contributed by atoms with van der Waals surface area (Å²) in [6.45, 7) is 4.47. The van der Waals surface area contributed by atoms with E-state index in [-0.39, 0.29) is 5.82 Å². The van der Waals surface area contributed by atoms with Gasteiger partial charge in [-0.05, 0) is 57.1 Å². The fourth-order valence-corrected chi connectivity index (χ4v) is 2.95. The Morgan fingerprint density at radius 2 is 1.95 bits per heavy atom. The molecule has 3 nitrogen and oxygen atoms in total. The highest BCUT2D eigenvalue weighted by atomic mass is 19.1. The van der Waals surface area contributed by atoms with E-state index < -0.39 is 0 Å². The second-order valence-corrected chi connectivity index (χ2v) is 5.34. The van der Waals surface area contributed by atoms with Crippen LogP contribution in [0.3, 0.4) is 0 Å². The van der Waals surface area contributed by atoms with Gasteiger partial charge in [0.05, 0.1) is 11.2 Å². The predicted octanol–water partition coefficient (Wildman–Crippen LogP) is 2.85. The maximum absolute atomic E-state index is 13.3. The van der Waals surface area contributed by atoms with Gasteiger partial charge in [-0.3, -0.25) is 0 Å². The lowest BCUT2D eigenvalue weighted by atomic mass is 10.2. The number of nitrogens with zero attached hydrogens (tertiary/aromatic N) is 2. The van der Waals surface area contributed by atoms with Gasteiger partial charge >= 0.3 is 0 Å². The summed E-state index contributed by atoms with van der Waals surface area (Å²) in [4.78, 5) is 2.50. The summed E-state index contributed by atoms with van der Waals surface area (Å²) < 4.78 is 15.4. The molecule has 2 N–H and O–H groups in total. The third kappa shape index (κ3) is 2.59. The van der Waals surface area contributed by atoms with Gasteiger partial charge in [-0.1, -0.05) is 0 Å². The van der Waals surface area contributed by atoms with Crippen LogP contribution in [0.1, 0.15) is 19.3 Å². The first-order valence-electron chi connectivity index (χ1n) is 7.00. The van der Waals surface area contributed by atoms with Crippen LogP contribution in [0.25, 0.3) is 10.9 Å². The Bertz CT molecular complexity index is 570. The lowest BCUT2D eigenvalue weighted by Crippen LogP contribution is -2.21. The van der Waals surface area contributed by atoms with E-state index in [4.69, 9.17) is 5.73 Å². The zero-order chi connectivity index (χ0) is 13.2. The molecule has 0 radical (unpaired) electrons. The van der Waals surface area contributed by atoms with Gasteiger partial charge in [-0.2, -0.15) is 0 Å². The minimum atomic E-state index is -0.202. The predicted molar refractivity (Wildman–Crippen MR) is 76.6 cm³/mol. The van der Waals surface area contributed by atoms with Crippen LogP contribution in [0.15, 0.2) is 24.4 Å². The van der Waals surface area contributed by atoms with Crippen molar-refractivity contribution >= 4 is 16.6 Å². The molecule has 0 atom stereocenters. The van der Waals surface area contributed by atoms with Crippen molar-refractivity contribution in [3.63, 3.8) is 0 Å². The van der Waals surface area contributed by atoms with Gasteiger partial charge in [-0.25, -0.2) is 4.39 Å². The Labute approximate surface area is 112 Å². The van der Waals surface area contributed by atoms with Gasteiger partial charge in [0, 0.05) is 18.1 Å². The smallest absolute Gasteiger partial charge is 0.125 e. The van der Waals surface area contributed by atoms with Crippen molar-refractivity contribution in [3.05, 3.63) is 30.2 Å². The number of fused-ring (bicyclic) bond motifs is 1. The lowest BCUT2D eigenvalue weighted by Gasteiger charge is -2.14. The highest BCUT2D eigenvalue weighted by Crippen LogP contribution is 2.24. The molecule has 2 heterocycles. The molecule has 19 heavy (non-hydrogen) atoms. The second-order valence-electron chi connectivity index (χ2n) is 5.34. The minimum Gasteiger partial charge on any atom is -0.397 e. The van der Waals surface area contributed by atoms with E-state index in [0.29, 0.717) is 0 Å². The van der Waals surface area contributed by atoms with Gasteiger partial charge in [0.1, 0.15) is 5.82 Å². The average molecular weight is 261 g/mol. The molecular weight excluding hydrogens is 241 g/mol. The molecule has 1 fully saturated rings. The van der Waals surface area contributed by atoms with Crippen LogP contribution < -0.4 is 5.73 Å².